The van der Waals surface area contributed by atoms with Gasteiger partial charge < -0.3 is 24.1 Å². The molecule has 1 aromatic carbocycles. The van der Waals surface area contributed by atoms with Crippen molar-refractivity contribution in [1.29, 1.82) is 0 Å². The molecule has 0 spiro atoms. The van der Waals surface area contributed by atoms with Crippen molar-refractivity contribution < 1.29 is 24.1 Å². The summed E-state index contributed by atoms with van der Waals surface area (Å²) in [6.45, 7) is 1.04. The van der Waals surface area contributed by atoms with Gasteiger partial charge in [0.1, 0.15) is 0 Å². The van der Waals surface area contributed by atoms with Crippen molar-refractivity contribution in [3.63, 3.8) is 0 Å². The number of likely N-dealkylation sites (N-methyl/N-ethyl adjacent to an activating group) is 1. The van der Waals surface area contributed by atoms with E-state index in [1.165, 1.54) is 5.57 Å². The molecule has 0 radical (unpaired) electrons. The highest BCUT2D eigenvalue weighted by Gasteiger charge is 2.48. The van der Waals surface area contributed by atoms with Gasteiger partial charge in [0.15, 0.2) is 17.8 Å². The first kappa shape index (κ1) is 16.7. The Bertz CT molecular complexity index is 716. The summed E-state index contributed by atoms with van der Waals surface area (Å²) in [5.74, 6) is 1.72. The Kier molecular flexibility index (Phi) is 4.14. The topological polar surface area (TPSA) is 60.4 Å². The zero-order chi connectivity index (χ0) is 17.7. The maximum Gasteiger partial charge on any atom is 0.203 e. The lowest BCUT2D eigenvalue weighted by Crippen LogP contribution is -2.45. The minimum absolute atomic E-state index is 0.0559. The van der Waals surface area contributed by atoms with Crippen LogP contribution < -0.4 is 14.2 Å². The van der Waals surface area contributed by atoms with Gasteiger partial charge in [0.05, 0.1) is 33.0 Å². The van der Waals surface area contributed by atoms with Crippen LogP contribution in [-0.2, 0) is 4.74 Å². The van der Waals surface area contributed by atoms with E-state index in [1.54, 1.807) is 21.3 Å². The van der Waals surface area contributed by atoms with Crippen molar-refractivity contribution in [2.75, 3.05) is 34.9 Å². The summed E-state index contributed by atoms with van der Waals surface area (Å²) in [5, 5.41) is 10.7. The van der Waals surface area contributed by atoms with Gasteiger partial charge in [0.25, 0.3) is 0 Å². The molecule has 6 nitrogen and oxygen atoms in total. The summed E-state index contributed by atoms with van der Waals surface area (Å²) in [6, 6.07) is 2.27. The summed E-state index contributed by atoms with van der Waals surface area (Å²) in [6.07, 6.45) is 3.10. The fourth-order valence-electron chi connectivity index (χ4n) is 4.69. The normalized spacial score (nSPS) is 30.8. The average molecular weight is 347 g/mol. The van der Waals surface area contributed by atoms with Crippen molar-refractivity contribution in [2.45, 2.75) is 37.2 Å². The summed E-state index contributed by atoms with van der Waals surface area (Å²) in [4.78, 5) is 2.37. The van der Waals surface area contributed by atoms with Crippen molar-refractivity contribution in [2.24, 2.45) is 0 Å². The third kappa shape index (κ3) is 2.35. The molecule has 3 aliphatic rings. The molecule has 25 heavy (non-hydrogen) atoms. The minimum Gasteiger partial charge on any atom is -0.493 e. The van der Waals surface area contributed by atoms with Crippen LogP contribution in [0.2, 0.25) is 0 Å². The number of hydrogen-bond acceptors (Lipinski definition) is 6. The molecule has 2 heterocycles. The Morgan fingerprint density at radius 3 is 2.60 bits per heavy atom. The molecule has 1 fully saturated rings. The van der Waals surface area contributed by atoms with E-state index in [0.717, 1.165) is 24.9 Å². The van der Waals surface area contributed by atoms with Crippen LogP contribution in [0.5, 0.6) is 17.2 Å². The molecule has 6 heteroatoms. The number of aliphatic hydroxyl groups is 1. The number of likely N-dealkylation sites (tertiary alicyclic amines) is 1. The van der Waals surface area contributed by atoms with Gasteiger partial charge in [-0.2, -0.15) is 0 Å². The quantitative estimate of drug-likeness (QED) is 0.846. The van der Waals surface area contributed by atoms with Crippen molar-refractivity contribution in [3.05, 3.63) is 28.8 Å². The maximum absolute atomic E-state index is 10.7. The first-order valence-electron chi connectivity index (χ1n) is 8.66. The van der Waals surface area contributed by atoms with E-state index in [2.05, 4.69) is 18.0 Å². The number of ether oxygens (including phenoxy) is 4. The zero-order valence-corrected chi connectivity index (χ0v) is 15.1. The number of rotatable bonds is 3. The second-order valence-electron chi connectivity index (χ2n) is 6.89. The molecule has 0 amide bonds. The lowest BCUT2D eigenvalue weighted by atomic mass is 9.74. The number of aliphatic hydroxyl groups excluding tert-OH is 1. The Balaban J connectivity index is 1.93. The molecular formula is C19H25NO5. The monoisotopic (exact) mass is 347 g/mol. The van der Waals surface area contributed by atoms with Crippen LogP contribution in [0, 0.1) is 0 Å². The molecule has 0 unspecified atom stereocenters. The Morgan fingerprint density at radius 2 is 1.92 bits per heavy atom. The standard InChI is InChI=1S/C19H25NO5/c1-20-8-7-10-5-6-12-14(16(10)20)11-9-13(22-2)17(23-3)18(24-4)15(11)19(21)25-12/h5,9,12,14,16,19,21H,6-8H2,1-4H3/t12-,14+,16-,19+/m1/s1. The highest BCUT2D eigenvalue weighted by Crippen LogP contribution is 2.54. The fourth-order valence-corrected chi connectivity index (χ4v) is 4.69. The van der Waals surface area contributed by atoms with E-state index in [9.17, 15) is 5.11 Å². The van der Waals surface area contributed by atoms with Crippen molar-refractivity contribution in [3.8, 4) is 17.2 Å². The van der Waals surface area contributed by atoms with Gasteiger partial charge in [-0.1, -0.05) is 11.6 Å². The molecule has 0 aromatic heterocycles. The molecular weight excluding hydrogens is 322 g/mol. The smallest absolute Gasteiger partial charge is 0.203 e. The lowest BCUT2D eigenvalue weighted by molar-refractivity contribution is -0.163. The van der Waals surface area contributed by atoms with Gasteiger partial charge in [-0.3, -0.25) is 4.90 Å². The van der Waals surface area contributed by atoms with E-state index >= 15 is 0 Å². The number of methoxy groups -OCH3 is 3. The van der Waals surface area contributed by atoms with E-state index in [0.29, 0.717) is 22.8 Å². The van der Waals surface area contributed by atoms with E-state index < -0.39 is 6.29 Å². The van der Waals surface area contributed by atoms with Gasteiger partial charge in [-0.25, -0.2) is 0 Å². The van der Waals surface area contributed by atoms with Gasteiger partial charge in [0.2, 0.25) is 5.75 Å². The molecule has 1 aliphatic carbocycles. The number of hydrogen-bond donors (Lipinski definition) is 1. The van der Waals surface area contributed by atoms with Crippen molar-refractivity contribution >= 4 is 0 Å². The third-order valence-electron chi connectivity index (χ3n) is 5.77. The van der Waals surface area contributed by atoms with Gasteiger partial charge >= 0.3 is 0 Å². The minimum atomic E-state index is -1.03. The second kappa shape index (κ2) is 6.20. The first-order chi connectivity index (χ1) is 12.1. The third-order valence-corrected chi connectivity index (χ3v) is 5.77. The molecule has 136 valence electrons. The highest BCUT2D eigenvalue weighted by atomic mass is 16.6. The Labute approximate surface area is 147 Å². The molecule has 2 aliphatic heterocycles. The zero-order valence-electron chi connectivity index (χ0n) is 15.1. The fraction of sp³-hybridized carbons (Fsp3) is 0.579. The largest absolute Gasteiger partial charge is 0.493 e. The SMILES string of the molecule is COc1cc2c(c(OC)c1OC)[C@@H](O)O[C@@H]1CC=C3CCN(C)[C@H]3[C@@H]21. The van der Waals surface area contributed by atoms with E-state index in [-0.39, 0.29) is 18.1 Å². The van der Waals surface area contributed by atoms with Crippen LogP contribution in [-0.4, -0.2) is 57.1 Å². The van der Waals surface area contributed by atoms with Gasteiger partial charge in [0, 0.05) is 18.5 Å². The maximum atomic E-state index is 10.7. The molecule has 1 aromatic rings. The van der Waals surface area contributed by atoms with Crippen LogP contribution in [0.1, 0.15) is 36.2 Å². The van der Waals surface area contributed by atoms with Crippen LogP contribution in [0.25, 0.3) is 0 Å². The Hall–Kier alpha value is -1.76. The first-order valence-corrected chi connectivity index (χ1v) is 8.66. The van der Waals surface area contributed by atoms with Crippen LogP contribution >= 0.6 is 0 Å². The number of benzene rings is 1. The predicted molar refractivity (Wildman–Crippen MR) is 92.4 cm³/mol. The molecule has 4 rings (SSSR count). The van der Waals surface area contributed by atoms with Crippen LogP contribution in [0.15, 0.2) is 17.7 Å². The molecule has 4 atom stereocenters. The molecule has 0 bridgehead atoms. The average Bonchev–Trinajstić information content (AvgIpc) is 3.00. The summed E-state index contributed by atoms with van der Waals surface area (Å²) < 4.78 is 22.6. The predicted octanol–water partition coefficient (Wildman–Crippen LogP) is 2.22. The van der Waals surface area contributed by atoms with Crippen molar-refractivity contribution in [1.82, 2.24) is 4.90 Å². The van der Waals surface area contributed by atoms with Gasteiger partial charge in [-0.05, 0) is 31.5 Å². The lowest BCUT2D eigenvalue weighted by Gasteiger charge is -2.44. The second-order valence-corrected chi connectivity index (χ2v) is 6.89. The summed E-state index contributed by atoms with van der Waals surface area (Å²) in [7, 11) is 6.91. The Morgan fingerprint density at radius 1 is 1.16 bits per heavy atom. The summed E-state index contributed by atoms with van der Waals surface area (Å²) >= 11 is 0. The number of nitrogens with zero attached hydrogens (tertiary/aromatic N) is 1. The van der Waals surface area contributed by atoms with E-state index in [1.807, 2.05) is 6.07 Å². The van der Waals surface area contributed by atoms with E-state index in [4.69, 9.17) is 18.9 Å². The van der Waals surface area contributed by atoms with Gasteiger partial charge in [-0.15, -0.1) is 0 Å². The van der Waals surface area contributed by atoms with Crippen LogP contribution in [0.4, 0.5) is 0 Å². The molecule has 1 N–H and O–H groups in total. The van der Waals surface area contributed by atoms with Crippen LogP contribution in [0.3, 0.4) is 0 Å². The number of fused-ring (bicyclic) bond motifs is 5. The molecule has 1 saturated heterocycles. The highest BCUT2D eigenvalue weighted by molar-refractivity contribution is 5.62. The summed E-state index contributed by atoms with van der Waals surface area (Å²) in [5.41, 5.74) is 3.15. The molecule has 0 saturated carbocycles.